The number of carboxylic acids is 1. The van der Waals surface area contributed by atoms with Gasteiger partial charge >= 0.3 is 5.97 Å². The summed E-state index contributed by atoms with van der Waals surface area (Å²) >= 11 is 0. The second-order valence-electron chi connectivity index (χ2n) is 3.18. The zero-order valence-electron chi connectivity index (χ0n) is 8.90. The van der Waals surface area contributed by atoms with Crippen LogP contribution < -0.4 is 5.32 Å². The molecule has 96 valence electrons. The Morgan fingerprint density at radius 1 is 1.44 bits per heavy atom. The Morgan fingerprint density at radius 2 is 2.17 bits per heavy atom. The monoisotopic (exact) mass is 272 g/mol. The van der Waals surface area contributed by atoms with E-state index >= 15 is 0 Å². The molecule has 0 aliphatic carbocycles. The van der Waals surface area contributed by atoms with Gasteiger partial charge in [-0.25, -0.2) is 9.50 Å². The summed E-state index contributed by atoms with van der Waals surface area (Å²) < 4.78 is 1.30. The first-order valence-electron chi connectivity index (χ1n) is 4.61. The molecule has 3 N–H and O–H groups in total. The molecule has 0 atom stereocenters. The smallest absolute Gasteiger partial charge is 0.322 e. The number of pyridine rings is 1. The summed E-state index contributed by atoms with van der Waals surface area (Å²) in [5, 5.41) is 24.0. The van der Waals surface area contributed by atoms with E-state index in [4.69, 9.17) is 5.11 Å². The molecule has 2 aromatic rings. The number of fused-ring (bicyclic) bond motifs is 1. The lowest BCUT2D eigenvalue weighted by atomic mass is 10.2. The molecule has 8 nitrogen and oxygen atoms in total. The summed E-state index contributed by atoms with van der Waals surface area (Å²) in [7, 11) is 0. The van der Waals surface area contributed by atoms with Crippen LogP contribution in [-0.4, -0.2) is 43.2 Å². The van der Waals surface area contributed by atoms with Crippen molar-refractivity contribution < 1.29 is 19.8 Å². The molecular weight excluding hydrogens is 264 g/mol. The first-order chi connectivity index (χ1) is 8.09. The van der Waals surface area contributed by atoms with Crippen molar-refractivity contribution in [3.8, 4) is 5.75 Å². The van der Waals surface area contributed by atoms with Gasteiger partial charge in [0, 0.05) is 6.20 Å². The Labute approximate surface area is 107 Å². The molecule has 0 radical (unpaired) electrons. The van der Waals surface area contributed by atoms with E-state index in [1.807, 2.05) is 0 Å². The summed E-state index contributed by atoms with van der Waals surface area (Å²) in [5.74, 6) is -2.18. The SMILES string of the molecule is Cl.O=C(O)CNC(=O)c1c(O)ccn2ncnc12. The number of halogens is 1. The van der Waals surface area contributed by atoms with E-state index in [1.54, 1.807) is 0 Å². The fourth-order valence-electron chi connectivity index (χ4n) is 1.34. The van der Waals surface area contributed by atoms with E-state index in [-0.39, 0.29) is 29.4 Å². The molecule has 1 amide bonds. The van der Waals surface area contributed by atoms with Crippen LogP contribution in [0.2, 0.25) is 0 Å². The summed E-state index contributed by atoms with van der Waals surface area (Å²) in [6, 6.07) is 1.28. The van der Waals surface area contributed by atoms with Crippen molar-refractivity contribution in [2.24, 2.45) is 0 Å². The van der Waals surface area contributed by atoms with E-state index in [0.717, 1.165) is 0 Å². The summed E-state index contributed by atoms with van der Waals surface area (Å²) in [6.07, 6.45) is 2.66. The standard InChI is InChI=1S/C9H8N4O4.ClH/c14-5-1-2-13-8(11-4-12-13)7(5)9(17)10-3-6(15)16;/h1-2,4,14H,3H2,(H,10,17)(H,15,16);1H. The quantitative estimate of drug-likeness (QED) is 0.704. The maximum absolute atomic E-state index is 11.7. The van der Waals surface area contributed by atoms with E-state index in [1.165, 1.54) is 23.1 Å². The molecule has 0 unspecified atom stereocenters. The van der Waals surface area contributed by atoms with Crippen LogP contribution in [0.25, 0.3) is 5.65 Å². The van der Waals surface area contributed by atoms with Gasteiger partial charge in [0.15, 0.2) is 5.65 Å². The number of hydrogen-bond donors (Lipinski definition) is 3. The number of nitrogens with one attached hydrogen (secondary N) is 1. The maximum Gasteiger partial charge on any atom is 0.322 e. The molecule has 2 heterocycles. The normalized spacial score (nSPS) is 9.78. The first-order valence-corrected chi connectivity index (χ1v) is 4.61. The van der Waals surface area contributed by atoms with Gasteiger partial charge in [-0.1, -0.05) is 0 Å². The van der Waals surface area contributed by atoms with Gasteiger partial charge < -0.3 is 15.5 Å². The van der Waals surface area contributed by atoms with Gasteiger partial charge in [0.1, 0.15) is 24.2 Å². The average Bonchev–Trinajstić information content (AvgIpc) is 2.73. The van der Waals surface area contributed by atoms with Crippen LogP contribution in [0.1, 0.15) is 10.4 Å². The largest absolute Gasteiger partial charge is 0.507 e. The van der Waals surface area contributed by atoms with Gasteiger partial charge in [-0.3, -0.25) is 9.59 Å². The molecule has 2 aromatic heterocycles. The minimum atomic E-state index is -1.17. The van der Waals surface area contributed by atoms with Crippen molar-refractivity contribution in [3.63, 3.8) is 0 Å². The van der Waals surface area contributed by atoms with Gasteiger partial charge in [-0.2, -0.15) is 5.10 Å². The molecule has 0 aliphatic rings. The van der Waals surface area contributed by atoms with Gasteiger partial charge in [0.2, 0.25) is 0 Å². The minimum Gasteiger partial charge on any atom is -0.507 e. The Morgan fingerprint density at radius 3 is 2.83 bits per heavy atom. The van der Waals surface area contributed by atoms with Crippen molar-refractivity contribution in [2.75, 3.05) is 6.54 Å². The van der Waals surface area contributed by atoms with Crippen LogP contribution in [0, 0.1) is 0 Å². The van der Waals surface area contributed by atoms with Crippen LogP contribution in [0.15, 0.2) is 18.6 Å². The average molecular weight is 273 g/mol. The van der Waals surface area contributed by atoms with Crippen LogP contribution >= 0.6 is 12.4 Å². The Kier molecular flexibility index (Phi) is 4.05. The zero-order chi connectivity index (χ0) is 12.4. The lowest BCUT2D eigenvalue weighted by molar-refractivity contribution is -0.135. The highest BCUT2D eigenvalue weighted by Crippen LogP contribution is 2.19. The molecular formula is C9H9ClN4O4. The number of carbonyl (C=O) groups excluding carboxylic acids is 1. The Balaban J connectivity index is 0.00000162. The Hall–Kier alpha value is -2.35. The molecule has 0 saturated heterocycles. The number of hydrogen-bond acceptors (Lipinski definition) is 5. The molecule has 18 heavy (non-hydrogen) atoms. The Bertz CT molecular complexity index is 597. The molecule has 0 bridgehead atoms. The van der Waals surface area contributed by atoms with Crippen LogP contribution in [0.3, 0.4) is 0 Å². The highest BCUT2D eigenvalue weighted by Gasteiger charge is 2.17. The molecule has 0 saturated carbocycles. The number of aromatic nitrogens is 3. The second kappa shape index (κ2) is 5.32. The summed E-state index contributed by atoms with van der Waals surface area (Å²) in [4.78, 5) is 25.8. The van der Waals surface area contributed by atoms with Crippen LogP contribution in [0.5, 0.6) is 5.75 Å². The molecule has 0 spiro atoms. The van der Waals surface area contributed by atoms with Crippen molar-refractivity contribution >= 4 is 29.9 Å². The van der Waals surface area contributed by atoms with E-state index in [2.05, 4.69) is 15.4 Å². The highest BCUT2D eigenvalue weighted by atomic mass is 35.5. The van der Waals surface area contributed by atoms with Crippen molar-refractivity contribution in [1.29, 1.82) is 0 Å². The van der Waals surface area contributed by atoms with Crippen LogP contribution in [-0.2, 0) is 4.79 Å². The number of rotatable bonds is 3. The second-order valence-corrected chi connectivity index (χ2v) is 3.18. The third-order valence-corrected chi connectivity index (χ3v) is 2.05. The fourth-order valence-corrected chi connectivity index (χ4v) is 1.34. The molecule has 2 rings (SSSR count). The predicted molar refractivity (Wildman–Crippen MR) is 61.9 cm³/mol. The van der Waals surface area contributed by atoms with E-state index in [0.29, 0.717) is 0 Å². The van der Waals surface area contributed by atoms with E-state index < -0.39 is 18.4 Å². The third kappa shape index (κ3) is 2.48. The maximum atomic E-state index is 11.7. The molecule has 0 fully saturated rings. The first kappa shape index (κ1) is 13.7. The zero-order valence-corrected chi connectivity index (χ0v) is 9.72. The number of carboxylic acid groups (broad SMARTS) is 1. The van der Waals surface area contributed by atoms with Crippen molar-refractivity contribution in [2.45, 2.75) is 0 Å². The lowest BCUT2D eigenvalue weighted by Gasteiger charge is -2.05. The molecule has 9 heteroatoms. The van der Waals surface area contributed by atoms with Gasteiger partial charge in [-0.05, 0) is 6.07 Å². The third-order valence-electron chi connectivity index (χ3n) is 2.05. The number of aliphatic carboxylic acids is 1. The topological polar surface area (TPSA) is 117 Å². The van der Waals surface area contributed by atoms with Crippen molar-refractivity contribution in [1.82, 2.24) is 19.9 Å². The number of aromatic hydroxyl groups is 1. The lowest BCUT2D eigenvalue weighted by Crippen LogP contribution is -2.29. The van der Waals surface area contributed by atoms with Gasteiger partial charge in [-0.15, -0.1) is 12.4 Å². The summed E-state index contributed by atoms with van der Waals surface area (Å²) in [5.41, 5.74) is 0.0548. The van der Waals surface area contributed by atoms with Crippen LogP contribution in [0.4, 0.5) is 0 Å². The summed E-state index contributed by atoms with van der Waals surface area (Å²) in [6.45, 7) is -0.534. The van der Waals surface area contributed by atoms with Crippen molar-refractivity contribution in [3.05, 3.63) is 24.2 Å². The minimum absolute atomic E-state index is 0. The molecule has 0 aromatic carbocycles. The van der Waals surface area contributed by atoms with Gasteiger partial charge in [0.25, 0.3) is 5.91 Å². The highest BCUT2D eigenvalue weighted by molar-refractivity contribution is 6.03. The predicted octanol–water partition coefficient (Wildman–Crippen LogP) is -0.329. The van der Waals surface area contributed by atoms with E-state index in [9.17, 15) is 14.7 Å². The number of carbonyl (C=O) groups is 2. The van der Waals surface area contributed by atoms with Gasteiger partial charge in [0.05, 0.1) is 0 Å². The fraction of sp³-hybridized carbons (Fsp3) is 0.111. The number of nitrogens with zero attached hydrogens (tertiary/aromatic N) is 3. The number of amides is 1. The molecule has 0 aliphatic heterocycles.